The molecule has 2 aromatic rings. The van der Waals surface area contributed by atoms with Gasteiger partial charge in [0.15, 0.2) is 0 Å². The highest BCUT2D eigenvalue weighted by Gasteiger charge is 2.34. The van der Waals surface area contributed by atoms with Crippen molar-refractivity contribution in [3.8, 4) is 0 Å². The summed E-state index contributed by atoms with van der Waals surface area (Å²) in [6.07, 6.45) is 2.88. The number of amides is 2. The molecule has 1 heterocycles. The monoisotopic (exact) mass is 477 g/mol. The lowest BCUT2D eigenvalue weighted by atomic mass is 10.0. The number of halogens is 1. The number of benzene rings is 2. The Morgan fingerprint density at radius 1 is 1.06 bits per heavy atom. The van der Waals surface area contributed by atoms with Gasteiger partial charge in [-0.1, -0.05) is 30.2 Å². The van der Waals surface area contributed by atoms with E-state index >= 15 is 0 Å². The number of nitrogens with zero attached hydrogens (tertiary/aromatic N) is 1. The molecule has 0 bridgehead atoms. The van der Waals surface area contributed by atoms with Gasteiger partial charge in [0.05, 0.1) is 4.90 Å². The Hall–Kier alpha value is -2.42. The smallest absolute Gasteiger partial charge is 0.313 e. The van der Waals surface area contributed by atoms with E-state index in [-0.39, 0.29) is 12.6 Å². The molecule has 2 amide bonds. The molecule has 3 rings (SSSR count). The Bertz CT molecular complexity index is 1090. The van der Waals surface area contributed by atoms with E-state index in [4.69, 9.17) is 11.6 Å². The van der Waals surface area contributed by atoms with Crippen molar-refractivity contribution in [1.82, 2.24) is 9.62 Å². The zero-order valence-electron chi connectivity index (χ0n) is 18.2. The summed E-state index contributed by atoms with van der Waals surface area (Å²) in [5, 5.41) is 5.63. The van der Waals surface area contributed by atoms with Gasteiger partial charge in [-0.25, -0.2) is 8.42 Å². The van der Waals surface area contributed by atoms with Crippen LogP contribution >= 0.6 is 11.6 Å². The molecule has 2 aromatic carbocycles. The summed E-state index contributed by atoms with van der Waals surface area (Å²) in [6.45, 7) is 4.32. The number of carbonyl (C=O) groups is 2. The van der Waals surface area contributed by atoms with Crippen molar-refractivity contribution in [2.24, 2.45) is 0 Å². The number of piperidine rings is 1. The van der Waals surface area contributed by atoms with Gasteiger partial charge in [-0.05, 0) is 74.6 Å². The van der Waals surface area contributed by atoms with Crippen molar-refractivity contribution < 1.29 is 18.0 Å². The topological polar surface area (TPSA) is 95.6 Å². The number of carbonyl (C=O) groups excluding carboxylic acids is 2. The number of nitrogens with one attached hydrogen (secondary N) is 2. The predicted molar refractivity (Wildman–Crippen MR) is 125 cm³/mol. The van der Waals surface area contributed by atoms with Crippen LogP contribution in [0.15, 0.2) is 47.4 Å². The minimum Gasteiger partial charge on any atom is -0.348 e. The molecule has 1 aliphatic heterocycles. The second kappa shape index (κ2) is 10.5. The summed E-state index contributed by atoms with van der Waals surface area (Å²) in [7, 11) is -3.65. The van der Waals surface area contributed by atoms with Crippen LogP contribution in [0.2, 0.25) is 5.02 Å². The summed E-state index contributed by atoms with van der Waals surface area (Å²) in [5.41, 5.74) is 2.07. The molecule has 32 heavy (non-hydrogen) atoms. The highest BCUT2D eigenvalue weighted by atomic mass is 35.5. The average Bonchev–Trinajstić information content (AvgIpc) is 2.77. The summed E-state index contributed by atoms with van der Waals surface area (Å²) >= 11 is 5.81. The van der Waals surface area contributed by atoms with E-state index in [1.807, 2.05) is 19.1 Å². The van der Waals surface area contributed by atoms with Gasteiger partial charge in [-0.3, -0.25) is 9.59 Å². The zero-order valence-corrected chi connectivity index (χ0v) is 19.8. The second-order valence-corrected chi connectivity index (χ2v) is 10.3. The predicted octanol–water partition coefficient (Wildman–Crippen LogP) is 3.65. The van der Waals surface area contributed by atoms with Crippen molar-refractivity contribution in [2.45, 2.75) is 50.5 Å². The maximum atomic E-state index is 13.4. The molecule has 9 heteroatoms. The minimum absolute atomic E-state index is 0.205. The van der Waals surface area contributed by atoms with Crippen molar-refractivity contribution in [2.75, 3.05) is 18.4 Å². The first-order valence-electron chi connectivity index (χ1n) is 10.6. The molecule has 1 aliphatic rings. The lowest BCUT2D eigenvalue weighted by Crippen LogP contribution is -2.46. The summed E-state index contributed by atoms with van der Waals surface area (Å²) in [6, 6.07) is 11.6. The van der Waals surface area contributed by atoms with Crippen molar-refractivity contribution in [1.29, 1.82) is 0 Å². The average molecular weight is 478 g/mol. The van der Waals surface area contributed by atoms with Gasteiger partial charge in [-0.2, -0.15) is 4.31 Å². The standard InChI is InChI=1S/C23H28ClN3O4S/c1-16-6-7-17(2)21(15-16)32(30,31)27-14-4-3-5-20(27)12-13-25-22(28)23(29)26-19-10-8-18(24)9-11-19/h6-11,15,20H,3-5,12-14H2,1-2H3,(H,25,28)(H,26,29)/t20-/m0/s1. The molecule has 0 unspecified atom stereocenters. The third-order valence-electron chi connectivity index (χ3n) is 5.57. The first kappa shape index (κ1) is 24.2. The van der Waals surface area contributed by atoms with E-state index in [0.29, 0.717) is 34.1 Å². The van der Waals surface area contributed by atoms with Gasteiger partial charge in [0.25, 0.3) is 0 Å². The summed E-state index contributed by atoms with van der Waals surface area (Å²) < 4.78 is 28.3. The van der Waals surface area contributed by atoms with E-state index in [2.05, 4.69) is 10.6 Å². The van der Waals surface area contributed by atoms with Crippen molar-refractivity contribution in [3.05, 3.63) is 58.6 Å². The van der Waals surface area contributed by atoms with Crippen LogP contribution < -0.4 is 10.6 Å². The first-order chi connectivity index (χ1) is 15.2. The molecule has 0 spiro atoms. The molecule has 0 aromatic heterocycles. The highest BCUT2D eigenvalue weighted by molar-refractivity contribution is 7.89. The van der Waals surface area contributed by atoms with Crippen LogP contribution in [-0.4, -0.2) is 43.7 Å². The molecular weight excluding hydrogens is 450 g/mol. The summed E-state index contributed by atoms with van der Waals surface area (Å²) in [4.78, 5) is 24.6. The van der Waals surface area contributed by atoms with Crippen LogP contribution in [0.1, 0.15) is 36.8 Å². The van der Waals surface area contributed by atoms with Crippen LogP contribution in [0.5, 0.6) is 0 Å². The van der Waals surface area contributed by atoms with Gasteiger partial charge < -0.3 is 10.6 Å². The van der Waals surface area contributed by atoms with Gasteiger partial charge in [-0.15, -0.1) is 0 Å². The van der Waals surface area contributed by atoms with Gasteiger partial charge in [0, 0.05) is 29.8 Å². The number of aryl methyl sites for hydroxylation is 2. The normalized spacial score (nSPS) is 17.0. The zero-order chi connectivity index (χ0) is 23.3. The van der Waals surface area contributed by atoms with Crippen molar-refractivity contribution >= 4 is 39.1 Å². The molecule has 0 saturated carbocycles. The van der Waals surface area contributed by atoms with Gasteiger partial charge >= 0.3 is 11.8 Å². The SMILES string of the molecule is Cc1ccc(C)c(S(=O)(=O)N2CCCC[C@H]2CCNC(=O)C(=O)Nc2ccc(Cl)cc2)c1. The number of anilines is 1. The van der Waals surface area contributed by atoms with Crippen LogP contribution in [0.4, 0.5) is 5.69 Å². The Balaban J connectivity index is 1.60. The Kier molecular flexibility index (Phi) is 7.92. The quantitative estimate of drug-likeness (QED) is 0.621. The molecule has 0 aliphatic carbocycles. The molecule has 1 fully saturated rings. The summed E-state index contributed by atoms with van der Waals surface area (Å²) in [5.74, 6) is -1.55. The second-order valence-electron chi connectivity index (χ2n) is 8.04. The number of hydrogen-bond acceptors (Lipinski definition) is 4. The number of hydrogen-bond donors (Lipinski definition) is 2. The van der Waals surface area contributed by atoms with Gasteiger partial charge in [0.2, 0.25) is 10.0 Å². The lowest BCUT2D eigenvalue weighted by Gasteiger charge is -2.35. The maximum absolute atomic E-state index is 13.4. The largest absolute Gasteiger partial charge is 0.348 e. The highest BCUT2D eigenvalue weighted by Crippen LogP contribution is 2.29. The molecular formula is C23H28ClN3O4S. The Morgan fingerprint density at radius 3 is 2.50 bits per heavy atom. The molecule has 1 saturated heterocycles. The fourth-order valence-corrected chi connectivity index (χ4v) is 6.01. The Labute approximate surface area is 194 Å². The molecule has 1 atom stereocenters. The number of sulfonamides is 1. The first-order valence-corrected chi connectivity index (χ1v) is 12.4. The molecule has 7 nitrogen and oxygen atoms in total. The molecule has 2 N–H and O–H groups in total. The van der Waals surface area contributed by atoms with Gasteiger partial charge in [0.1, 0.15) is 0 Å². The van der Waals surface area contributed by atoms with Crippen LogP contribution in [0, 0.1) is 13.8 Å². The fraction of sp³-hybridized carbons (Fsp3) is 0.391. The third kappa shape index (κ3) is 5.88. The van der Waals surface area contributed by atoms with Crippen LogP contribution in [0.3, 0.4) is 0 Å². The van der Waals surface area contributed by atoms with Crippen LogP contribution in [0.25, 0.3) is 0 Å². The molecule has 172 valence electrons. The van der Waals surface area contributed by atoms with Crippen molar-refractivity contribution in [3.63, 3.8) is 0 Å². The minimum atomic E-state index is -3.65. The molecule has 0 radical (unpaired) electrons. The Morgan fingerprint density at radius 2 is 1.78 bits per heavy atom. The van der Waals surface area contributed by atoms with E-state index in [9.17, 15) is 18.0 Å². The van der Waals surface area contributed by atoms with E-state index in [1.165, 1.54) is 0 Å². The lowest BCUT2D eigenvalue weighted by molar-refractivity contribution is -0.136. The van der Waals surface area contributed by atoms with E-state index < -0.39 is 21.8 Å². The van der Waals surface area contributed by atoms with E-state index in [0.717, 1.165) is 24.8 Å². The maximum Gasteiger partial charge on any atom is 0.313 e. The van der Waals surface area contributed by atoms with E-state index in [1.54, 1.807) is 41.6 Å². The fourth-order valence-electron chi connectivity index (χ4n) is 3.84. The third-order valence-corrected chi connectivity index (χ3v) is 7.92. The van der Waals surface area contributed by atoms with Crippen LogP contribution in [-0.2, 0) is 19.6 Å². The number of rotatable bonds is 6.